The Hall–Kier alpha value is -2.46. The molecule has 8 nitrogen and oxygen atoms in total. The van der Waals surface area contributed by atoms with Gasteiger partial charge < -0.3 is 15.4 Å². The summed E-state index contributed by atoms with van der Waals surface area (Å²) < 4.78 is 32.1. The van der Waals surface area contributed by atoms with Gasteiger partial charge in [-0.1, -0.05) is 23.7 Å². The first-order valence-corrected chi connectivity index (χ1v) is 12.6. The van der Waals surface area contributed by atoms with Gasteiger partial charge in [0, 0.05) is 30.6 Å². The van der Waals surface area contributed by atoms with E-state index in [0.29, 0.717) is 49.0 Å². The summed E-state index contributed by atoms with van der Waals surface area (Å²) in [4.78, 5) is 25.2. The van der Waals surface area contributed by atoms with Crippen LogP contribution < -0.4 is 10.6 Å². The maximum absolute atomic E-state index is 12.7. The molecule has 0 aromatic heterocycles. The predicted molar refractivity (Wildman–Crippen MR) is 127 cm³/mol. The van der Waals surface area contributed by atoms with E-state index in [1.54, 1.807) is 42.5 Å². The Balaban J connectivity index is 1.61. The number of hydrogen-bond acceptors (Lipinski definition) is 5. The number of carbonyl (C=O) groups excluding carboxylic acids is 2. The van der Waals surface area contributed by atoms with E-state index in [2.05, 4.69) is 10.6 Å². The molecule has 0 aliphatic carbocycles. The molecule has 0 atom stereocenters. The third-order valence-corrected chi connectivity index (χ3v) is 7.24. The molecule has 1 aliphatic heterocycles. The topological polar surface area (TPSA) is 105 Å². The molecule has 0 bridgehead atoms. The van der Waals surface area contributed by atoms with Crippen molar-refractivity contribution in [3.05, 3.63) is 58.6 Å². The highest BCUT2D eigenvalue weighted by molar-refractivity contribution is 7.89. The molecule has 1 heterocycles. The highest BCUT2D eigenvalue weighted by Gasteiger charge is 2.26. The second kappa shape index (κ2) is 11.1. The largest absolute Gasteiger partial charge is 0.379 e. The van der Waals surface area contributed by atoms with Gasteiger partial charge in [-0.2, -0.15) is 4.31 Å². The van der Waals surface area contributed by atoms with Crippen molar-refractivity contribution in [1.82, 2.24) is 9.62 Å². The first-order chi connectivity index (χ1) is 15.7. The van der Waals surface area contributed by atoms with E-state index in [9.17, 15) is 18.0 Å². The Morgan fingerprint density at radius 3 is 2.39 bits per heavy atom. The molecule has 3 rings (SSSR count). The van der Waals surface area contributed by atoms with Crippen LogP contribution in [0.4, 0.5) is 5.69 Å². The van der Waals surface area contributed by atoms with Crippen LogP contribution in [-0.4, -0.2) is 56.9 Å². The lowest BCUT2D eigenvalue weighted by Gasteiger charge is -2.26. The van der Waals surface area contributed by atoms with Crippen molar-refractivity contribution in [3.8, 4) is 0 Å². The number of nitrogens with zero attached hydrogens (tertiary/aromatic N) is 1. The molecule has 178 valence electrons. The lowest BCUT2D eigenvalue weighted by Crippen LogP contribution is -2.40. The highest BCUT2D eigenvalue weighted by Crippen LogP contribution is 2.22. The van der Waals surface area contributed by atoms with E-state index < -0.39 is 10.0 Å². The number of morpholine rings is 1. The molecule has 0 spiro atoms. The minimum absolute atomic E-state index is 0.0493. The fraction of sp³-hybridized carbons (Fsp3) is 0.391. The molecule has 2 N–H and O–H groups in total. The fourth-order valence-corrected chi connectivity index (χ4v) is 4.97. The monoisotopic (exact) mass is 493 g/mol. The molecule has 1 saturated heterocycles. The van der Waals surface area contributed by atoms with Crippen LogP contribution in [-0.2, 0) is 26.0 Å². The molecule has 2 aromatic rings. The van der Waals surface area contributed by atoms with Crippen molar-refractivity contribution >= 4 is 39.1 Å². The van der Waals surface area contributed by atoms with Gasteiger partial charge in [-0.15, -0.1) is 0 Å². The standard InChI is InChI=1S/C23H28ClN3O5S/c1-16(2)25-23(29)20-9-6-18(24)15-21(20)26-22(28)10-5-17-3-7-19(8-4-17)33(30,31)27-11-13-32-14-12-27/h3-4,6-9,15-16H,5,10-14H2,1-2H3,(H,25,29)(H,26,28). The molecule has 10 heteroatoms. The van der Waals surface area contributed by atoms with E-state index in [-0.39, 0.29) is 29.2 Å². The third-order valence-electron chi connectivity index (χ3n) is 5.09. The number of halogens is 1. The smallest absolute Gasteiger partial charge is 0.253 e. The molecule has 33 heavy (non-hydrogen) atoms. The van der Waals surface area contributed by atoms with Crippen molar-refractivity contribution in [2.45, 2.75) is 37.6 Å². The Morgan fingerprint density at radius 2 is 1.76 bits per heavy atom. The predicted octanol–water partition coefficient (Wildman–Crippen LogP) is 3.07. The molecule has 2 amide bonds. The van der Waals surface area contributed by atoms with Crippen LogP contribution in [0.5, 0.6) is 0 Å². The molecule has 0 saturated carbocycles. The van der Waals surface area contributed by atoms with Gasteiger partial charge in [0.15, 0.2) is 0 Å². The third kappa shape index (κ3) is 6.77. The lowest BCUT2D eigenvalue weighted by atomic mass is 10.1. The number of rotatable bonds is 8. The van der Waals surface area contributed by atoms with Crippen LogP contribution in [0.15, 0.2) is 47.4 Å². The quantitative estimate of drug-likeness (QED) is 0.588. The summed E-state index contributed by atoms with van der Waals surface area (Å²) in [6, 6.07) is 11.2. The molecule has 0 radical (unpaired) electrons. The maximum Gasteiger partial charge on any atom is 0.253 e. The van der Waals surface area contributed by atoms with Crippen molar-refractivity contribution in [2.75, 3.05) is 31.6 Å². The summed E-state index contributed by atoms with van der Waals surface area (Å²) in [5.74, 6) is -0.574. The van der Waals surface area contributed by atoms with Crippen LogP contribution in [0, 0.1) is 0 Å². The Labute approximate surface area is 199 Å². The zero-order valence-corrected chi connectivity index (χ0v) is 20.2. The van der Waals surface area contributed by atoms with Gasteiger partial charge >= 0.3 is 0 Å². The number of sulfonamides is 1. The second-order valence-electron chi connectivity index (χ2n) is 8.03. The van der Waals surface area contributed by atoms with E-state index in [1.807, 2.05) is 13.8 Å². The average molecular weight is 494 g/mol. The van der Waals surface area contributed by atoms with Crippen molar-refractivity contribution in [2.24, 2.45) is 0 Å². The molecule has 2 aromatic carbocycles. The van der Waals surface area contributed by atoms with Crippen LogP contribution in [0.25, 0.3) is 0 Å². The number of benzene rings is 2. The van der Waals surface area contributed by atoms with Crippen LogP contribution in [0.2, 0.25) is 5.02 Å². The van der Waals surface area contributed by atoms with Crippen molar-refractivity contribution in [1.29, 1.82) is 0 Å². The summed E-state index contributed by atoms with van der Waals surface area (Å²) >= 11 is 6.05. The first kappa shape index (κ1) is 25.2. The Bertz CT molecular complexity index is 1100. The normalized spacial score (nSPS) is 14.8. The number of aryl methyl sites for hydroxylation is 1. The van der Waals surface area contributed by atoms with Gasteiger partial charge in [-0.05, 0) is 56.2 Å². The number of anilines is 1. The van der Waals surface area contributed by atoms with Crippen LogP contribution >= 0.6 is 11.6 Å². The molecule has 1 fully saturated rings. The van der Waals surface area contributed by atoms with E-state index in [4.69, 9.17) is 16.3 Å². The number of nitrogens with one attached hydrogen (secondary N) is 2. The summed E-state index contributed by atoms with van der Waals surface area (Å²) in [5.41, 5.74) is 1.51. The zero-order chi connectivity index (χ0) is 24.0. The Kier molecular flexibility index (Phi) is 8.47. The van der Waals surface area contributed by atoms with Gasteiger partial charge in [0.2, 0.25) is 15.9 Å². The van der Waals surface area contributed by atoms with Gasteiger partial charge in [-0.25, -0.2) is 8.42 Å². The molecular weight excluding hydrogens is 466 g/mol. The number of carbonyl (C=O) groups is 2. The van der Waals surface area contributed by atoms with Crippen LogP contribution in [0.1, 0.15) is 36.2 Å². The summed E-state index contributed by atoms with van der Waals surface area (Å²) in [6.07, 6.45) is 0.575. The number of ether oxygens (including phenoxy) is 1. The minimum Gasteiger partial charge on any atom is -0.379 e. The van der Waals surface area contributed by atoms with Gasteiger partial charge in [0.1, 0.15) is 0 Å². The average Bonchev–Trinajstić information content (AvgIpc) is 2.78. The number of amides is 2. The highest BCUT2D eigenvalue weighted by atomic mass is 35.5. The van der Waals surface area contributed by atoms with E-state index >= 15 is 0 Å². The second-order valence-corrected chi connectivity index (χ2v) is 10.4. The maximum atomic E-state index is 12.7. The van der Waals surface area contributed by atoms with Gasteiger partial charge in [-0.3, -0.25) is 9.59 Å². The van der Waals surface area contributed by atoms with Crippen molar-refractivity contribution in [3.63, 3.8) is 0 Å². The molecular formula is C23H28ClN3O5S. The van der Waals surface area contributed by atoms with E-state index in [1.165, 1.54) is 4.31 Å². The van der Waals surface area contributed by atoms with E-state index in [0.717, 1.165) is 5.56 Å². The van der Waals surface area contributed by atoms with Gasteiger partial charge in [0.25, 0.3) is 5.91 Å². The SMILES string of the molecule is CC(C)NC(=O)c1ccc(Cl)cc1NC(=O)CCc1ccc(S(=O)(=O)N2CCOCC2)cc1. The van der Waals surface area contributed by atoms with Crippen LogP contribution in [0.3, 0.4) is 0 Å². The lowest BCUT2D eigenvalue weighted by molar-refractivity contribution is -0.116. The van der Waals surface area contributed by atoms with Gasteiger partial charge in [0.05, 0.1) is 29.4 Å². The Morgan fingerprint density at radius 1 is 1.09 bits per heavy atom. The van der Waals surface area contributed by atoms with Crippen molar-refractivity contribution < 1.29 is 22.7 Å². The fourth-order valence-electron chi connectivity index (χ4n) is 3.39. The molecule has 1 aliphatic rings. The summed E-state index contributed by atoms with van der Waals surface area (Å²) in [5, 5.41) is 5.96. The summed E-state index contributed by atoms with van der Waals surface area (Å²) in [7, 11) is -3.55. The molecule has 0 unspecified atom stereocenters. The minimum atomic E-state index is -3.55. The zero-order valence-electron chi connectivity index (χ0n) is 18.6. The summed E-state index contributed by atoms with van der Waals surface area (Å²) in [6.45, 7) is 5.16. The number of hydrogen-bond donors (Lipinski definition) is 2. The first-order valence-electron chi connectivity index (χ1n) is 10.7.